The van der Waals surface area contributed by atoms with Gasteiger partial charge in [0.2, 0.25) is 5.91 Å². The lowest BCUT2D eigenvalue weighted by atomic mass is 9.95. The van der Waals surface area contributed by atoms with Crippen LogP contribution in [0.4, 0.5) is 5.82 Å². The number of piperidine rings is 1. The molecule has 3 aromatic rings. The van der Waals surface area contributed by atoms with Crippen LogP contribution in [0.25, 0.3) is 5.52 Å². The molecule has 2 aromatic heterocycles. The lowest BCUT2D eigenvalue weighted by Crippen LogP contribution is -2.44. The minimum Gasteiger partial charge on any atom is -0.493 e. The van der Waals surface area contributed by atoms with Gasteiger partial charge in [0.05, 0.1) is 31.9 Å². The maximum Gasteiger partial charge on any atom is 0.225 e. The number of aryl methyl sites for hydroxylation is 2. The molecular weight excluding hydrogens is 430 g/mol. The molecule has 3 heterocycles. The maximum atomic E-state index is 13.3. The quantitative estimate of drug-likeness (QED) is 0.600. The first kappa shape index (κ1) is 22.5. The van der Waals surface area contributed by atoms with Gasteiger partial charge in [-0.3, -0.25) is 4.79 Å². The van der Waals surface area contributed by atoms with Crippen LogP contribution in [-0.4, -0.2) is 47.8 Å². The first-order valence-corrected chi connectivity index (χ1v) is 12.2. The Labute approximate surface area is 200 Å². The van der Waals surface area contributed by atoms with Crippen molar-refractivity contribution in [2.45, 2.75) is 51.5 Å². The van der Waals surface area contributed by atoms with Gasteiger partial charge in [-0.1, -0.05) is 6.07 Å². The van der Waals surface area contributed by atoms with Crippen molar-refractivity contribution in [1.29, 1.82) is 0 Å². The first-order chi connectivity index (χ1) is 16.6. The standard InChI is InChI=1S/C26H33N5O3/c1-17(18-10-11-22(33-2)23(15-18)34-3)28-26(32)19-7-6-13-30(16-19)25-24-20-8-4-5-9-21(20)29-31(24)14-12-27-25/h10-12,14-15,17,19H,4-9,13,16H2,1-3H3,(H,28,32)/t17-,19+/m0/s1. The Morgan fingerprint density at radius 2 is 1.97 bits per heavy atom. The molecule has 5 rings (SSSR count). The summed E-state index contributed by atoms with van der Waals surface area (Å²) in [5, 5.41) is 8.02. The Balaban J connectivity index is 1.32. The van der Waals surface area contributed by atoms with Gasteiger partial charge in [0, 0.05) is 31.0 Å². The number of anilines is 1. The highest BCUT2D eigenvalue weighted by molar-refractivity contribution is 5.81. The molecule has 1 aliphatic carbocycles. The van der Waals surface area contributed by atoms with Crippen molar-refractivity contribution in [2.24, 2.45) is 5.92 Å². The summed E-state index contributed by atoms with van der Waals surface area (Å²) in [6, 6.07) is 5.63. The van der Waals surface area contributed by atoms with Gasteiger partial charge in [-0.15, -0.1) is 0 Å². The monoisotopic (exact) mass is 463 g/mol. The summed E-state index contributed by atoms with van der Waals surface area (Å²) in [6.07, 6.45) is 10.1. The zero-order chi connectivity index (χ0) is 23.7. The Kier molecular flexibility index (Phi) is 6.30. The fourth-order valence-electron chi connectivity index (χ4n) is 5.30. The molecule has 1 fully saturated rings. The minimum atomic E-state index is -0.133. The highest BCUT2D eigenvalue weighted by Crippen LogP contribution is 2.33. The van der Waals surface area contributed by atoms with Gasteiger partial charge in [-0.25, -0.2) is 9.50 Å². The fourth-order valence-corrected chi connectivity index (χ4v) is 5.30. The van der Waals surface area contributed by atoms with Crippen molar-refractivity contribution in [2.75, 3.05) is 32.2 Å². The van der Waals surface area contributed by atoms with Crippen molar-refractivity contribution < 1.29 is 14.3 Å². The molecule has 0 unspecified atom stereocenters. The average molecular weight is 464 g/mol. The summed E-state index contributed by atoms with van der Waals surface area (Å²) in [6.45, 7) is 3.57. The van der Waals surface area contributed by atoms with Gasteiger partial charge in [0.1, 0.15) is 5.52 Å². The molecule has 2 atom stereocenters. The Morgan fingerprint density at radius 3 is 2.79 bits per heavy atom. The molecule has 1 amide bonds. The van der Waals surface area contributed by atoms with Gasteiger partial charge in [0.15, 0.2) is 17.3 Å². The van der Waals surface area contributed by atoms with E-state index in [0.29, 0.717) is 18.0 Å². The average Bonchev–Trinajstić information content (AvgIpc) is 3.27. The van der Waals surface area contributed by atoms with Crippen LogP contribution in [0.5, 0.6) is 11.5 Å². The summed E-state index contributed by atoms with van der Waals surface area (Å²) < 4.78 is 12.7. The number of rotatable bonds is 6. The molecule has 8 nitrogen and oxygen atoms in total. The van der Waals surface area contributed by atoms with Crippen molar-refractivity contribution in [3.8, 4) is 11.5 Å². The molecule has 1 aliphatic heterocycles. The predicted octanol–water partition coefficient (Wildman–Crippen LogP) is 3.72. The molecule has 0 radical (unpaired) electrons. The van der Waals surface area contributed by atoms with Crippen molar-refractivity contribution in [1.82, 2.24) is 19.9 Å². The second kappa shape index (κ2) is 9.52. The topological polar surface area (TPSA) is 81.0 Å². The molecule has 0 saturated carbocycles. The number of nitrogens with zero attached hydrogens (tertiary/aromatic N) is 4. The van der Waals surface area contributed by atoms with Gasteiger partial charge in [0.25, 0.3) is 0 Å². The third-order valence-corrected chi connectivity index (χ3v) is 7.16. The lowest BCUT2D eigenvalue weighted by Gasteiger charge is -2.34. The van der Waals surface area contributed by atoms with Crippen LogP contribution in [-0.2, 0) is 17.6 Å². The second-order valence-electron chi connectivity index (χ2n) is 9.31. The van der Waals surface area contributed by atoms with Crippen molar-refractivity contribution >= 4 is 17.2 Å². The van der Waals surface area contributed by atoms with Crippen LogP contribution in [0.2, 0.25) is 0 Å². The van der Waals surface area contributed by atoms with Crippen LogP contribution < -0.4 is 19.7 Å². The van der Waals surface area contributed by atoms with E-state index in [0.717, 1.165) is 49.1 Å². The summed E-state index contributed by atoms with van der Waals surface area (Å²) in [5.74, 6) is 2.29. The largest absolute Gasteiger partial charge is 0.493 e. The molecule has 8 heteroatoms. The van der Waals surface area contributed by atoms with E-state index in [1.54, 1.807) is 14.2 Å². The van der Waals surface area contributed by atoms with Crippen LogP contribution in [0.3, 0.4) is 0 Å². The number of ether oxygens (including phenoxy) is 2. The lowest BCUT2D eigenvalue weighted by molar-refractivity contribution is -0.125. The molecule has 2 aliphatic rings. The van der Waals surface area contributed by atoms with E-state index in [2.05, 4.69) is 10.2 Å². The van der Waals surface area contributed by atoms with E-state index in [4.69, 9.17) is 19.6 Å². The van der Waals surface area contributed by atoms with E-state index >= 15 is 0 Å². The number of benzene rings is 1. The SMILES string of the molecule is COc1ccc([C@H](C)NC(=O)[C@@H]2CCCN(c3nccn4nc5c(c34)CCCC5)C2)cc1OC. The van der Waals surface area contributed by atoms with Crippen LogP contribution in [0.1, 0.15) is 55.5 Å². The number of carbonyl (C=O) groups is 1. The Hall–Kier alpha value is -3.29. The number of aromatic nitrogens is 3. The highest BCUT2D eigenvalue weighted by Gasteiger charge is 2.30. The number of hydrogen-bond acceptors (Lipinski definition) is 6. The second-order valence-corrected chi connectivity index (χ2v) is 9.31. The first-order valence-electron chi connectivity index (χ1n) is 12.2. The van der Waals surface area contributed by atoms with E-state index in [-0.39, 0.29) is 17.9 Å². The van der Waals surface area contributed by atoms with Crippen molar-refractivity contribution in [3.05, 3.63) is 47.4 Å². The third-order valence-electron chi connectivity index (χ3n) is 7.16. The zero-order valence-electron chi connectivity index (χ0n) is 20.2. The molecule has 0 spiro atoms. The molecule has 1 aromatic carbocycles. The summed E-state index contributed by atoms with van der Waals surface area (Å²) >= 11 is 0. The molecular formula is C26H33N5O3. The van der Waals surface area contributed by atoms with Gasteiger partial charge in [-0.2, -0.15) is 5.10 Å². The maximum absolute atomic E-state index is 13.3. The van der Waals surface area contributed by atoms with Crippen LogP contribution >= 0.6 is 0 Å². The summed E-state index contributed by atoms with van der Waals surface area (Å²) in [5.41, 5.74) is 4.64. The number of fused-ring (bicyclic) bond motifs is 3. The fraction of sp³-hybridized carbons (Fsp3) is 0.500. The smallest absolute Gasteiger partial charge is 0.225 e. The zero-order valence-corrected chi connectivity index (χ0v) is 20.2. The highest BCUT2D eigenvalue weighted by atomic mass is 16.5. The van der Waals surface area contributed by atoms with Gasteiger partial charge >= 0.3 is 0 Å². The molecule has 0 bridgehead atoms. The number of amides is 1. The normalized spacial score (nSPS) is 18.9. The number of nitrogens with one attached hydrogen (secondary N) is 1. The van der Waals surface area contributed by atoms with E-state index in [9.17, 15) is 4.79 Å². The molecule has 1 saturated heterocycles. The van der Waals surface area contributed by atoms with Crippen LogP contribution in [0, 0.1) is 5.92 Å². The Morgan fingerprint density at radius 1 is 1.15 bits per heavy atom. The van der Waals surface area contributed by atoms with E-state index in [1.165, 1.54) is 24.1 Å². The summed E-state index contributed by atoms with van der Waals surface area (Å²) in [4.78, 5) is 20.3. The predicted molar refractivity (Wildman–Crippen MR) is 131 cm³/mol. The van der Waals surface area contributed by atoms with Crippen molar-refractivity contribution in [3.63, 3.8) is 0 Å². The molecule has 180 valence electrons. The number of methoxy groups -OCH3 is 2. The van der Waals surface area contributed by atoms with Crippen LogP contribution in [0.15, 0.2) is 30.6 Å². The van der Waals surface area contributed by atoms with Gasteiger partial charge in [-0.05, 0) is 63.1 Å². The van der Waals surface area contributed by atoms with E-state index < -0.39 is 0 Å². The van der Waals surface area contributed by atoms with E-state index in [1.807, 2.05) is 42.0 Å². The number of carbonyl (C=O) groups excluding carboxylic acids is 1. The minimum absolute atomic E-state index is 0.0782. The molecule has 1 N–H and O–H groups in total. The Bertz CT molecular complexity index is 1190. The third kappa shape index (κ3) is 4.17. The number of hydrogen-bond donors (Lipinski definition) is 1. The summed E-state index contributed by atoms with van der Waals surface area (Å²) in [7, 11) is 3.24. The van der Waals surface area contributed by atoms with Gasteiger partial charge < -0.3 is 19.7 Å². The molecule has 34 heavy (non-hydrogen) atoms.